The highest BCUT2D eigenvalue weighted by Gasteiger charge is 2.15. The van der Waals surface area contributed by atoms with Crippen molar-refractivity contribution >= 4 is 21.6 Å². The molecule has 2 rings (SSSR count). The molecule has 0 heterocycles. The van der Waals surface area contributed by atoms with Crippen molar-refractivity contribution in [1.82, 2.24) is 0 Å². The number of hydrogen-bond acceptors (Lipinski definition) is 1. The average Bonchev–Trinajstić information content (AvgIpc) is 2.40. The average molecular weight is 318 g/mol. The van der Waals surface area contributed by atoms with Crippen LogP contribution in [0.4, 0.5) is 5.69 Å². The van der Waals surface area contributed by atoms with Gasteiger partial charge in [-0.3, -0.25) is 0 Å². The lowest BCUT2D eigenvalue weighted by molar-refractivity contribution is 0.517. The zero-order chi connectivity index (χ0) is 13.7. The molecular formula is C17H20BrN. The van der Waals surface area contributed by atoms with E-state index in [9.17, 15) is 0 Å². The lowest BCUT2D eigenvalue weighted by atomic mass is 9.88. The SMILES string of the molecule is CC(C)C(CNc1cccc(Br)c1)c1ccccc1. The maximum Gasteiger partial charge on any atom is 0.0351 e. The Hall–Kier alpha value is -1.28. The van der Waals surface area contributed by atoms with E-state index in [0.29, 0.717) is 11.8 Å². The summed E-state index contributed by atoms with van der Waals surface area (Å²) >= 11 is 3.50. The number of anilines is 1. The van der Waals surface area contributed by atoms with Gasteiger partial charge in [-0.25, -0.2) is 0 Å². The summed E-state index contributed by atoms with van der Waals surface area (Å²) in [5.41, 5.74) is 2.57. The molecule has 0 aromatic heterocycles. The Morgan fingerprint density at radius 1 is 1.00 bits per heavy atom. The lowest BCUT2D eigenvalue weighted by Gasteiger charge is -2.22. The van der Waals surface area contributed by atoms with Crippen LogP contribution in [0, 0.1) is 5.92 Å². The van der Waals surface area contributed by atoms with Gasteiger partial charge in [0.1, 0.15) is 0 Å². The molecule has 1 nitrogen and oxygen atoms in total. The fourth-order valence-corrected chi connectivity index (χ4v) is 2.66. The number of benzene rings is 2. The first-order chi connectivity index (χ1) is 9.16. The minimum absolute atomic E-state index is 0.528. The highest BCUT2D eigenvalue weighted by molar-refractivity contribution is 9.10. The van der Waals surface area contributed by atoms with Crippen LogP contribution in [-0.2, 0) is 0 Å². The summed E-state index contributed by atoms with van der Waals surface area (Å²) in [7, 11) is 0. The van der Waals surface area contributed by atoms with Gasteiger partial charge in [0.2, 0.25) is 0 Å². The summed E-state index contributed by atoms with van der Waals surface area (Å²) in [6, 6.07) is 19.0. The van der Waals surface area contributed by atoms with E-state index in [4.69, 9.17) is 0 Å². The molecule has 0 bridgehead atoms. The lowest BCUT2D eigenvalue weighted by Crippen LogP contribution is -2.17. The first-order valence-corrected chi connectivity index (χ1v) is 7.50. The Bertz CT molecular complexity index is 508. The summed E-state index contributed by atoms with van der Waals surface area (Å²) in [5, 5.41) is 3.54. The van der Waals surface area contributed by atoms with Gasteiger partial charge < -0.3 is 5.32 Å². The Balaban J connectivity index is 2.06. The fraction of sp³-hybridized carbons (Fsp3) is 0.294. The van der Waals surface area contributed by atoms with Crippen molar-refractivity contribution in [2.24, 2.45) is 5.92 Å². The predicted molar refractivity (Wildman–Crippen MR) is 86.7 cm³/mol. The second-order valence-corrected chi connectivity index (χ2v) is 6.07. The number of hydrogen-bond donors (Lipinski definition) is 1. The van der Waals surface area contributed by atoms with E-state index < -0.39 is 0 Å². The van der Waals surface area contributed by atoms with Gasteiger partial charge in [0.15, 0.2) is 0 Å². The molecule has 0 saturated carbocycles. The van der Waals surface area contributed by atoms with Gasteiger partial charge in [-0.15, -0.1) is 0 Å². The van der Waals surface area contributed by atoms with E-state index in [0.717, 1.165) is 16.7 Å². The molecule has 0 aliphatic heterocycles. The summed E-state index contributed by atoms with van der Waals surface area (Å²) in [6.45, 7) is 5.51. The number of halogens is 1. The Kier molecular flexibility index (Phi) is 5.03. The van der Waals surface area contributed by atoms with E-state index in [1.54, 1.807) is 0 Å². The summed E-state index contributed by atoms with van der Waals surface area (Å²) in [5.74, 6) is 1.14. The summed E-state index contributed by atoms with van der Waals surface area (Å²) in [4.78, 5) is 0. The molecule has 2 heteroatoms. The normalized spacial score (nSPS) is 12.4. The molecule has 19 heavy (non-hydrogen) atoms. The highest BCUT2D eigenvalue weighted by Crippen LogP contribution is 2.25. The van der Waals surface area contributed by atoms with Crippen molar-refractivity contribution < 1.29 is 0 Å². The van der Waals surface area contributed by atoms with Gasteiger partial charge in [-0.05, 0) is 29.7 Å². The minimum atomic E-state index is 0.528. The molecule has 0 spiro atoms. The molecule has 0 amide bonds. The van der Waals surface area contributed by atoms with E-state index in [1.165, 1.54) is 5.56 Å². The second kappa shape index (κ2) is 6.76. The quantitative estimate of drug-likeness (QED) is 0.789. The maximum atomic E-state index is 3.54. The van der Waals surface area contributed by atoms with Crippen LogP contribution in [0.5, 0.6) is 0 Å². The molecule has 0 aliphatic carbocycles. The van der Waals surface area contributed by atoms with Gasteiger partial charge in [-0.1, -0.05) is 66.2 Å². The van der Waals surface area contributed by atoms with E-state index in [2.05, 4.69) is 83.6 Å². The van der Waals surface area contributed by atoms with Crippen LogP contribution in [0.2, 0.25) is 0 Å². The standard InChI is InChI=1S/C17H20BrN/c1-13(2)17(14-7-4-3-5-8-14)12-19-16-10-6-9-15(18)11-16/h3-11,13,17,19H,12H2,1-2H3. The molecule has 0 aliphatic rings. The van der Waals surface area contributed by atoms with Crippen LogP contribution in [0.15, 0.2) is 59.1 Å². The molecule has 2 aromatic rings. The largest absolute Gasteiger partial charge is 0.384 e. The van der Waals surface area contributed by atoms with Crippen LogP contribution >= 0.6 is 15.9 Å². The van der Waals surface area contributed by atoms with E-state index >= 15 is 0 Å². The second-order valence-electron chi connectivity index (χ2n) is 5.15. The number of nitrogens with one attached hydrogen (secondary N) is 1. The van der Waals surface area contributed by atoms with Crippen molar-refractivity contribution in [3.8, 4) is 0 Å². The zero-order valence-corrected chi connectivity index (χ0v) is 13.0. The van der Waals surface area contributed by atoms with Crippen molar-refractivity contribution in [2.75, 3.05) is 11.9 Å². The summed E-state index contributed by atoms with van der Waals surface area (Å²) in [6.07, 6.45) is 0. The minimum Gasteiger partial charge on any atom is -0.384 e. The maximum absolute atomic E-state index is 3.54. The van der Waals surface area contributed by atoms with Crippen molar-refractivity contribution in [3.63, 3.8) is 0 Å². The molecule has 1 unspecified atom stereocenters. The van der Waals surface area contributed by atoms with Crippen LogP contribution in [0.25, 0.3) is 0 Å². The van der Waals surface area contributed by atoms with Crippen LogP contribution in [0.3, 0.4) is 0 Å². The van der Waals surface area contributed by atoms with Crippen molar-refractivity contribution in [1.29, 1.82) is 0 Å². The molecule has 2 aromatic carbocycles. The molecular weight excluding hydrogens is 298 g/mol. The Morgan fingerprint density at radius 3 is 2.37 bits per heavy atom. The third kappa shape index (κ3) is 4.10. The topological polar surface area (TPSA) is 12.0 Å². The highest BCUT2D eigenvalue weighted by atomic mass is 79.9. The monoisotopic (exact) mass is 317 g/mol. The molecule has 1 N–H and O–H groups in total. The Morgan fingerprint density at radius 2 is 1.74 bits per heavy atom. The first kappa shape index (κ1) is 14.1. The fourth-order valence-electron chi connectivity index (χ4n) is 2.26. The van der Waals surface area contributed by atoms with Gasteiger partial charge >= 0.3 is 0 Å². The predicted octanol–water partition coefficient (Wildman–Crippen LogP) is 5.30. The number of rotatable bonds is 5. The van der Waals surface area contributed by atoms with Crippen molar-refractivity contribution in [2.45, 2.75) is 19.8 Å². The molecule has 100 valence electrons. The van der Waals surface area contributed by atoms with Crippen LogP contribution in [0.1, 0.15) is 25.3 Å². The van der Waals surface area contributed by atoms with Gasteiger partial charge in [0.25, 0.3) is 0 Å². The van der Waals surface area contributed by atoms with Crippen molar-refractivity contribution in [3.05, 3.63) is 64.6 Å². The zero-order valence-electron chi connectivity index (χ0n) is 11.4. The molecule has 0 radical (unpaired) electrons. The molecule has 0 saturated heterocycles. The third-order valence-electron chi connectivity index (χ3n) is 3.38. The van der Waals surface area contributed by atoms with Crippen LogP contribution in [-0.4, -0.2) is 6.54 Å². The van der Waals surface area contributed by atoms with E-state index in [-0.39, 0.29) is 0 Å². The van der Waals surface area contributed by atoms with Gasteiger partial charge in [-0.2, -0.15) is 0 Å². The van der Waals surface area contributed by atoms with Gasteiger partial charge in [0.05, 0.1) is 0 Å². The third-order valence-corrected chi connectivity index (χ3v) is 3.88. The van der Waals surface area contributed by atoms with E-state index in [1.807, 2.05) is 6.07 Å². The van der Waals surface area contributed by atoms with Crippen LogP contribution < -0.4 is 5.32 Å². The first-order valence-electron chi connectivity index (χ1n) is 6.71. The Labute approximate surface area is 124 Å². The molecule has 0 fully saturated rings. The smallest absolute Gasteiger partial charge is 0.0351 e. The molecule has 1 atom stereocenters. The summed E-state index contributed by atoms with van der Waals surface area (Å²) < 4.78 is 1.11. The van der Waals surface area contributed by atoms with Gasteiger partial charge in [0, 0.05) is 22.6 Å².